The number of hydrogen-bond donors (Lipinski definition) is 5. The standard InChI is InChI=1S/C48H54N8O10/c1-7-30-32-18-29(11-12-37(32)51-42-34(30)23-55-38(42)20-36(48(63,8-2)25-57)35(24-64-6)46(55)61)66-47(62)54-16-14-28(15-17-54)65-41-13-10-27(22-50-41)56-43(52-53-44(56)45(60)49-9-3)33-19-31(26(4)5)39(58)21-40(33)59/h10-13,18-22,25-26,28,44,53,58-59,63H,7-9,14-17,23-24H2,1-6H3,(H,49,60). The number of fused-ring (bicyclic) bond motifs is 4. The number of aromatic hydroxyl groups is 2. The highest BCUT2D eigenvalue weighted by Crippen LogP contribution is 2.40. The number of benzene rings is 2. The van der Waals surface area contributed by atoms with Crippen LogP contribution in [0, 0.1) is 0 Å². The summed E-state index contributed by atoms with van der Waals surface area (Å²) in [7, 11) is 1.45. The van der Waals surface area contributed by atoms with Crippen LogP contribution in [0.1, 0.15) is 93.2 Å². The molecule has 66 heavy (non-hydrogen) atoms. The summed E-state index contributed by atoms with van der Waals surface area (Å²) in [5.41, 5.74) is 6.04. The van der Waals surface area contributed by atoms with E-state index in [1.165, 1.54) is 13.2 Å². The molecule has 18 heteroatoms. The van der Waals surface area contributed by atoms with Crippen molar-refractivity contribution in [2.45, 2.75) is 97.2 Å². The monoisotopic (exact) mass is 902 g/mol. The first kappa shape index (κ1) is 45.5. The van der Waals surface area contributed by atoms with Gasteiger partial charge < -0.3 is 44.3 Å². The number of hydrogen-bond acceptors (Lipinski definition) is 15. The zero-order valence-electron chi connectivity index (χ0n) is 37.8. The minimum atomic E-state index is -1.86. The van der Waals surface area contributed by atoms with E-state index in [1.54, 1.807) is 70.0 Å². The molecule has 346 valence electrons. The Kier molecular flexibility index (Phi) is 12.7. The minimum absolute atomic E-state index is 0.0415. The SMILES string of the molecule is CCNC(=O)C1NN=C(c2cc(C(C)C)c(O)cc2O)N1c1ccc(OC2CCN(C(=O)Oc3ccc4nc5c(c(CC)c4c3)Cn3c-5cc(C(O)(C=O)CC)c(COC)c3=O)CC2)nc1. The van der Waals surface area contributed by atoms with Gasteiger partial charge in [-0.25, -0.2) is 14.8 Å². The first-order valence-corrected chi connectivity index (χ1v) is 22.2. The molecule has 3 aromatic heterocycles. The molecular weight excluding hydrogens is 849 g/mol. The Balaban J connectivity index is 0.941. The van der Waals surface area contributed by atoms with Crippen LogP contribution in [0.25, 0.3) is 22.3 Å². The number of nitrogens with one attached hydrogen (secondary N) is 2. The first-order valence-electron chi connectivity index (χ1n) is 22.2. The van der Waals surface area contributed by atoms with E-state index in [1.807, 2.05) is 27.7 Å². The molecule has 1 saturated heterocycles. The van der Waals surface area contributed by atoms with Gasteiger partial charge in [-0.15, -0.1) is 0 Å². The third kappa shape index (κ3) is 8.26. The summed E-state index contributed by atoms with van der Waals surface area (Å²) in [5.74, 6) is 0.346. The largest absolute Gasteiger partial charge is 0.508 e. The maximum Gasteiger partial charge on any atom is 0.415 e. The number of phenolic OH excluding ortho intramolecular Hbond substituents is 2. The van der Waals surface area contributed by atoms with Crippen molar-refractivity contribution in [2.75, 3.05) is 31.6 Å². The summed E-state index contributed by atoms with van der Waals surface area (Å²) < 4.78 is 19.1. The Labute approximate surface area is 380 Å². The minimum Gasteiger partial charge on any atom is -0.508 e. The number of aromatic nitrogens is 3. The second kappa shape index (κ2) is 18.4. The van der Waals surface area contributed by atoms with E-state index < -0.39 is 17.9 Å². The third-order valence-electron chi connectivity index (χ3n) is 12.6. The van der Waals surface area contributed by atoms with E-state index in [0.717, 1.165) is 16.5 Å². The fourth-order valence-electron chi connectivity index (χ4n) is 8.98. The van der Waals surface area contributed by atoms with Crippen molar-refractivity contribution in [1.82, 2.24) is 30.2 Å². The Bertz CT molecular complexity index is 2800. The lowest BCUT2D eigenvalue weighted by atomic mass is 9.89. The topological polar surface area (TPSA) is 230 Å². The van der Waals surface area contributed by atoms with Crippen LogP contribution in [0.2, 0.25) is 0 Å². The number of amides is 2. The van der Waals surface area contributed by atoms with Gasteiger partial charge in [0.1, 0.15) is 29.0 Å². The van der Waals surface area contributed by atoms with Crippen LogP contribution in [-0.2, 0) is 39.5 Å². The van der Waals surface area contributed by atoms with E-state index in [4.69, 9.17) is 19.2 Å². The maximum absolute atomic E-state index is 13.9. The smallest absolute Gasteiger partial charge is 0.415 e. The highest BCUT2D eigenvalue weighted by molar-refractivity contribution is 6.15. The van der Waals surface area contributed by atoms with Crippen LogP contribution in [0.3, 0.4) is 0 Å². The number of pyridine rings is 3. The molecule has 0 radical (unpaired) electrons. The Morgan fingerprint density at radius 2 is 1.80 bits per heavy atom. The van der Waals surface area contributed by atoms with Gasteiger partial charge in [-0.3, -0.25) is 24.7 Å². The lowest BCUT2D eigenvalue weighted by Crippen LogP contribution is -2.51. The van der Waals surface area contributed by atoms with Crippen LogP contribution in [0.15, 0.2) is 64.6 Å². The second-order valence-electron chi connectivity index (χ2n) is 16.9. The first-order chi connectivity index (χ1) is 31.7. The molecular formula is C48H54N8O10. The van der Waals surface area contributed by atoms with Crippen molar-refractivity contribution in [3.8, 4) is 34.5 Å². The molecule has 2 aromatic carbocycles. The number of aliphatic hydroxyl groups is 1. The molecule has 0 saturated carbocycles. The van der Waals surface area contributed by atoms with Gasteiger partial charge in [-0.2, -0.15) is 5.10 Å². The van der Waals surface area contributed by atoms with Crippen molar-refractivity contribution in [1.29, 1.82) is 0 Å². The predicted octanol–water partition coefficient (Wildman–Crippen LogP) is 5.14. The molecule has 2 unspecified atom stereocenters. The number of likely N-dealkylation sites (tertiary alicyclic amines) is 1. The van der Waals surface area contributed by atoms with Crippen molar-refractivity contribution < 1.29 is 43.9 Å². The molecule has 2 atom stereocenters. The van der Waals surface area contributed by atoms with E-state index in [-0.39, 0.29) is 71.5 Å². The quantitative estimate of drug-likeness (QED) is 0.0893. The summed E-state index contributed by atoms with van der Waals surface area (Å²) in [4.78, 5) is 65.4. The number of methoxy groups -OCH3 is 1. The molecule has 8 rings (SSSR count). The van der Waals surface area contributed by atoms with Crippen LogP contribution in [0.4, 0.5) is 10.5 Å². The number of anilines is 1. The van der Waals surface area contributed by atoms with Gasteiger partial charge in [-0.05, 0) is 73.2 Å². The zero-order valence-corrected chi connectivity index (χ0v) is 37.8. The number of ether oxygens (including phenoxy) is 3. The molecule has 6 heterocycles. The summed E-state index contributed by atoms with van der Waals surface area (Å²) in [6.07, 6.45) is 2.05. The number of likely N-dealkylation sites (N-methyl/N-ethyl adjacent to an activating group) is 1. The molecule has 1 fully saturated rings. The number of hydrazone groups is 1. The number of carbonyl (C=O) groups excluding carboxylic acids is 3. The fourth-order valence-corrected chi connectivity index (χ4v) is 8.98. The van der Waals surface area contributed by atoms with E-state index in [2.05, 4.69) is 20.8 Å². The molecule has 18 nitrogen and oxygen atoms in total. The lowest BCUT2D eigenvalue weighted by molar-refractivity contribution is -0.125. The molecule has 3 aliphatic heterocycles. The van der Waals surface area contributed by atoms with Crippen LogP contribution in [0.5, 0.6) is 23.1 Å². The number of nitrogens with zero attached hydrogens (tertiary/aromatic N) is 6. The van der Waals surface area contributed by atoms with Crippen molar-refractivity contribution in [3.05, 3.63) is 98.5 Å². The third-order valence-corrected chi connectivity index (χ3v) is 12.6. The molecule has 2 amide bonds. The number of rotatable bonds is 14. The number of phenols is 2. The number of aryl methyl sites for hydroxylation is 1. The van der Waals surface area contributed by atoms with Crippen molar-refractivity contribution >= 4 is 40.7 Å². The molecule has 5 aromatic rings. The number of amidine groups is 1. The molecule has 0 spiro atoms. The van der Waals surface area contributed by atoms with E-state index in [0.29, 0.717) is 90.5 Å². The van der Waals surface area contributed by atoms with Crippen molar-refractivity contribution in [3.63, 3.8) is 0 Å². The molecule has 5 N–H and O–H groups in total. The Morgan fingerprint density at radius 1 is 1.03 bits per heavy atom. The summed E-state index contributed by atoms with van der Waals surface area (Å²) in [6, 6.07) is 13.3. The average molecular weight is 903 g/mol. The van der Waals surface area contributed by atoms with Gasteiger partial charge in [0.2, 0.25) is 12.0 Å². The highest BCUT2D eigenvalue weighted by atomic mass is 16.6. The number of piperidine rings is 1. The van der Waals surface area contributed by atoms with Gasteiger partial charge in [0.15, 0.2) is 12.1 Å². The summed E-state index contributed by atoms with van der Waals surface area (Å²) in [6.45, 7) is 10.7. The average Bonchev–Trinajstić information content (AvgIpc) is 3.92. The normalized spacial score (nSPS) is 16.7. The van der Waals surface area contributed by atoms with Crippen LogP contribution in [-0.4, -0.2) is 97.9 Å². The second-order valence-corrected chi connectivity index (χ2v) is 16.9. The van der Waals surface area contributed by atoms with Gasteiger partial charge in [0.05, 0.1) is 47.5 Å². The van der Waals surface area contributed by atoms with E-state index in [9.17, 15) is 34.5 Å². The number of aldehydes is 1. The van der Waals surface area contributed by atoms with Crippen LogP contribution >= 0.6 is 0 Å². The number of carbonyl (C=O) groups is 3. The zero-order chi connectivity index (χ0) is 47.0. The van der Waals surface area contributed by atoms with Gasteiger partial charge in [-0.1, -0.05) is 27.7 Å². The van der Waals surface area contributed by atoms with Crippen molar-refractivity contribution in [2.24, 2.45) is 5.10 Å². The fraction of sp³-hybridized carbons (Fsp3) is 0.396. The van der Waals surface area contributed by atoms with Crippen LogP contribution < -0.4 is 30.7 Å². The molecule has 0 aliphatic carbocycles. The Hall–Kier alpha value is -7.05. The molecule has 3 aliphatic rings. The van der Waals surface area contributed by atoms with Gasteiger partial charge >= 0.3 is 6.09 Å². The summed E-state index contributed by atoms with van der Waals surface area (Å²) in [5, 5.41) is 40.6. The predicted molar refractivity (Wildman–Crippen MR) is 245 cm³/mol. The van der Waals surface area contributed by atoms with E-state index >= 15 is 0 Å². The van der Waals surface area contributed by atoms with Gasteiger partial charge in [0.25, 0.3) is 11.5 Å². The Morgan fingerprint density at radius 3 is 2.45 bits per heavy atom. The summed E-state index contributed by atoms with van der Waals surface area (Å²) >= 11 is 0. The lowest BCUT2D eigenvalue weighted by Gasteiger charge is -2.31. The highest BCUT2D eigenvalue weighted by Gasteiger charge is 2.38. The molecule has 0 bridgehead atoms. The van der Waals surface area contributed by atoms with Gasteiger partial charge in [0, 0.05) is 73.8 Å². The maximum atomic E-state index is 13.9.